The lowest BCUT2D eigenvalue weighted by molar-refractivity contribution is 0.0426. The monoisotopic (exact) mass is 562 g/mol. The van der Waals surface area contributed by atoms with Crippen molar-refractivity contribution < 1.29 is 32.6 Å². The summed E-state index contributed by atoms with van der Waals surface area (Å²) in [5.41, 5.74) is -2.13. The average molecular weight is 564 g/mol. The molecule has 0 bridgehead atoms. The van der Waals surface area contributed by atoms with Gasteiger partial charge in [0.15, 0.2) is 11.6 Å². The molecule has 2 aromatic rings. The number of amides is 2. The van der Waals surface area contributed by atoms with Gasteiger partial charge in [-0.25, -0.2) is 23.4 Å². The molecule has 0 radical (unpaired) electrons. The molecule has 1 heterocycles. The Morgan fingerprint density at radius 3 is 2.03 bits per heavy atom. The Hall–Kier alpha value is -2.46. The van der Waals surface area contributed by atoms with Gasteiger partial charge < -0.3 is 14.2 Å². The first-order valence-electron chi connectivity index (χ1n) is 10.2. The van der Waals surface area contributed by atoms with Crippen molar-refractivity contribution >= 4 is 45.5 Å². The number of hydrogen-bond acceptors (Lipinski definition) is 6. The van der Waals surface area contributed by atoms with Crippen LogP contribution >= 0.6 is 27.5 Å². The molecule has 0 aliphatic heterocycles. The minimum absolute atomic E-state index is 0.113. The molecule has 34 heavy (non-hydrogen) atoms. The van der Waals surface area contributed by atoms with Gasteiger partial charge in [0.25, 0.3) is 0 Å². The van der Waals surface area contributed by atoms with Crippen LogP contribution in [0.5, 0.6) is 5.75 Å². The molecule has 0 spiro atoms. The third-order valence-electron chi connectivity index (χ3n) is 3.95. The van der Waals surface area contributed by atoms with Crippen LogP contribution in [-0.2, 0) is 9.47 Å². The summed E-state index contributed by atoms with van der Waals surface area (Å²) in [5.74, 6) is -2.01. The molecule has 1 aromatic heterocycles. The van der Waals surface area contributed by atoms with E-state index in [1.165, 1.54) is 19.2 Å². The fourth-order valence-corrected chi connectivity index (χ4v) is 3.31. The number of imide groups is 1. The molecule has 1 atom stereocenters. The van der Waals surface area contributed by atoms with Gasteiger partial charge in [-0.3, -0.25) is 0 Å². The molecule has 11 heteroatoms. The summed E-state index contributed by atoms with van der Waals surface area (Å²) in [4.78, 5) is 30.7. The van der Waals surface area contributed by atoms with Crippen molar-refractivity contribution in [2.45, 2.75) is 65.8 Å². The van der Waals surface area contributed by atoms with Gasteiger partial charge >= 0.3 is 12.2 Å². The smallest absolute Gasteiger partial charge is 0.425 e. The number of halogens is 4. The minimum Gasteiger partial charge on any atom is -0.482 e. The van der Waals surface area contributed by atoms with E-state index in [0.29, 0.717) is 9.37 Å². The number of anilines is 1. The van der Waals surface area contributed by atoms with E-state index in [4.69, 9.17) is 25.8 Å². The molecule has 0 fully saturated rings. The summed E-state index contributed by atoms with van der Waals surface area (Å²) in [5, 5.41) is -0.451. The Labute approximate surface area is 210 Å². The Bertz CT molecular complexity index is 1060. The first kappa shape index (κ1) is 27.8. The van der Waals surface area contributed by atoms with Crippen molar-refractivity contribution in [2.24, 2.45) is 0 Å². The number of benzene rings is 1. The third kappa shape index (κ3) is 7.27. The van der Waals surface area contributed by atoms with Gasteiger partial charge in [-0.2, -0.15) is 4.90 Å². The number of nitrogens with zero attached hydrogens (tertiary/aromatic N) is 2. The first-order chi connectivity index (χ1) is 15.5. The van der Waals surface area contributed by atoms with Crippen molar-refractivity contribution in [1.82, 2.24) is 4.98 Å². The zero-order valence-electron chi connectivity index (χ0n) is 19.8. The summed E-state index contributed by atoms with van der Waals surface area (Å²) in [6.45, 7) is 11.2. The first-order valence-corrected chi connectivity index (χ1v) is 11.4. The quantitative estimate of drug-likeness (QED) is 0.357. The van der Waals surface area contributed by atoms with Crippen LogP contribution in [0.15, 0.2) is 28.9 Å². The van der Waals surface area contributed by atoms with Crippen LogP contribution in [0.3, 0.4) is 0 Å². The van der Waals surface area contributed by atoms with E-state index in [9.17, 15) is 18.4 Å². The van der Waals surface area contributed by atoms with Gasteiger partial charge in [-0.05, 0) is 82.6 Å². The van der Waals surface area contributed by atoms with Gasteiger partial charge in [-0.15, -0.1) is 0 Å². The molecule has 186 valence electrons. The number of hydrogen-bond donors (Lipinski definition) is 0. The van der Waals surface area contributed by atoms with E-state index >= 15 is 0 Å². The highest BCUT2D eigenvalue weighted by atomic mass is 79.9. The fourth-order valence-electron chi connectivity index (χ4n) is 2.70. The van der Waals surface area contributed by atoms with Crippen LogP contribution in [0.25, 0.3) is 0 Å². The van der Waals surface area contributed by atoms with E-state index in [1.54, 1.807) is 41.5 Å². The molecular formula is C23H26BrClF2N2O5. The van der Waals surface area contributed by atoms with E-state index < -0.39 is 46.1 Å². The Balaban J connectivity index is 2.58. The summed E-state index contributed by atoms with van der Waals surface area (Å²) in [7, 11) is 0. The van der Waals surface area contributed by atoms with E-state index in [-0.39, 0.29) is 17.1 Å². The van der Waals surface area contributed by atoms with Crippen molar-refractivity contribution in [1.29, 1.82) is 0 Å². The van der Waals surface area contributed by atoms with Crippen LogP contribution in [-0.4, -0.2) is 28.4 Å². The van der Waals surface area contributed by atoms with Gasteiger partial charge in [0.2, 0.25) is 0 Å². The Morgan fingerprint density at radius 1 is 1.03 bits per heavy atom. The van der Waals surface area contributed by atoms with Crippen molar-refractivity contribution in [3.8, 4) is 5.75 Å². The van der Waals surface area contributed by atoms with E-state index in [2.05, 4.69) is 20.9 Å². The van der Waals surface area contributed by atoms with Gasteiger partial charge in [0, 0.05) is 16.2 Å². The average Bonchev–Trinajstić information content (AvgIpc) is 2.64. The van der Waals surface area contributed by atoms with Crippen LogP contribution in [0.1, 0.15) is 60.1 Å². The maximum absolute atomic E-state index is 14.4. The van der Waals surface area contributed by atoms with E-state index in [0.717, 1.165) is 12.1 Å². The molecule has 0 unspecified atom stereocenters. The highest BCUT2D eigenvalue weighted by molar-refractivity contribution is 9.10. The van der Waals surface area contributed by atoms with Gasteiger partial charge in [0.05, 0.1) is 5.02 Å². The second-order valence-electron chi connectivity index (χ2n) is 9.29. The summed E-state index contributed by atoms with van der Waals surface area (Å²) in [6.07, 6.45) is -1.94. The molecule has 7 nitrogen and oxygen atoms in total. The van der Waals surface area contributed by atoms with Crippen LogP contribution in [0.2, 0.25) is 5.02 Å². The number of carbonyl (C=O) groups excluding carboxylic acids is 2. The van der Waals surface area contributed by atoms with Gasteiger partial charge in [-0.1, -0.05) is 11.6 Å². The Morgan fingerprint density at radius 2 is 1.53 bits per heavy atom. The molecule has 1 aromatic carbocycles. The van der Waals surface area contributed by atoms with Crippen molar-refractivity contribution in [2.75, 3.05) is 4.90 Å². The van der Waals surface area contributed by atoms with E-state index in [1.807, 2.05) is 0 Å². The normalized spacial score (nSPS) is 12.7. The summed E-state index contributed by atoms with van der Waals surface area (Å²) in [6, 6.07) is 3.22. The predicted molar refractivity (Wildman–Crippen MR) is 127 cm³/mol. The summed E-state index contributed by atoms with van der Waals surface area (Å²) >= 11 is 9.21. The van der Waals surface area contributed by atoms with Crippen molar-refractivity contribution in [3.05, 3.63) is 51.1 Å². The number of carbonyl (C=O) groups is 2. The van der Waals surface area contributed by atoms with Crippen molar-refractivity contribution in [3.63, 3.8) is 0 Å². The fraction of sp³-hybridized carbons (Fsp3) is 0.435. The number of aromatic nitrogens is 1. The lowest BCUT2D eigenvalue weighted by Crippen LogP contribution is -2.44. The second kappa shape index (κ2) is 10.4. The predicted octanol–water partition coefficient (Wildman–Crippen LogP) is 7.59. The summed E-state index contributed by atoms with van der Waals surface area (Å²) < 4.78 is 45.4. The zero-order chi connectivity index (χ0) is 26.0. The number of ether oxygens (including phenoxy) is 3. The SMILES string of the molecule is C[C@@H](Oc1cc(Br)cnc1N(C(=O)OC(C)(C)C)C(=O)OC(C)(C)C)c1c(F)ccc(F)c1Cl. The molecular weight excluding hydrogens is 538 g/mol. The molecule has 2 amide bonds. The number of rotatable bonds is 4. The molecule has 0 N–H and O–H groups in total. The van der Waals surface area contributed by atoms with Crippen LogP contribution < -0.4 is 9.64 Å². The van der Waals surface area contributed by atoms with Gasteiger partial charge in [0.1, 0.15) is 28.9 Å². The number of pyridine rings is 1. The molecule has 0 aliphatic carbocycles. The maximum atomic E-state index is 14.4. The maximum Gasteiger partial charge on any atom is 0.425 e. The lowest BCUT2D eigenvalue weighted by Gasteiger charge is -2.29. The molecule has 2 rings (SSSR count). The largest absolute Gasteiger partial charge is 0.482 e. The molecule has 0 saturated heterocycles. The molecule has 0 aliphatic rings. The van der Waals surface area contributed by atoms with Crippen LogP contribution in [0, 0.1) is 11.6 Å². The standard InChI is InChI=1S/C23H26BrClF2N2O5/c1-12(17-14(26)8-9-15(27)18(17)25)32-16-10-13(24)11-28-19(16)29(20(30)33-22(2,3)4)21(31)34-23(5,6)7/h8-12H,1-7H3/t12-/m1/s1. The zero-order valence-corrected chi connectivity index (χ0v) is 22.2. The Kier molecular flexibility index (Phi) is 8.53. The lowest BCUT2D eigenvalue weighted by atomic mass is 10.1. The highest BCUT2D eigenvalue weighted by Crippen LogP contribution is 2.37. The molecule has 0 saturated carbocycles. The highest BCUT2D eigenvalue weighted by Gasteiger charge is 2.36. The van der Waals surface area contributed by atoms with Crippen LogP contribution in [0.4, 0.5) is 24.2 Å². The topological polar surface area (TPSA) is 78.0 Å². The second-order valence-corrected chi connectivity index (χ2v) is 10.6. The minimum atomic E-state index is -1.13. The third-order valence-corrected chi connectivity index (χ3v) is 4.77.